The Bertz CT molecular complexity index is 511. The Morgan fingerprint density at radius 2 is 1.95 bits per heavy atom. The molecular weight excluding hydrogens is 236 g/mol. The van der Waals surface area contributed by atoms with Gasteiger partial charge in [0, 0.05) is 38.2 Å². The van der Waals surface area contributed by atoms with Crippen LogP contribution in [-0.4, -0.2) is 23.1 Å². The van der Waals surface area contributed by atoms with Crippen LogP contribution in [0.25, 0.3) is 0 Å². The van der Waals surface area contributed by atoms with Crippen molar-refractivity contribution in [2.45, 2.75) is 25.9 Å². The van der Waals surface area contributed by atoms with Crippen molar-refractivity contribution < 1.29 is 0 Å². The van der Waals surface area contributed by atoms with E-state index in [0.717, 1.165) is 18.8 Å². The number of nitrogens with two attached hydrogens (primary N) is 1. The number of hydrogen-bond donors (Lipinski definition) is 1. The highest BCUT2D eigenvalue weighted by Gasteiger charge is 2.10. The smallest absolute Gasteiger partial charge is 0.131 e. The topological polar surface area (TPSA) is 55.0 Å². The molecule has 0 aromatic carbocycles. The maximum atomic E-state index is 5.89. The number of aromatic nitrogens is 2. The van der Waals surface area contributed by atoms with Gasteiger partial charge in [0.15, 0.2) is 0 Å². The molecule has 1 atom stereocenters. The quantitative estimate of drug-likeness (QED) is 0.889. The lowest BCUT2D eigenvalue weighted by Crippen LogP contribution is -2.23. The summed E-state index contributed by atoms with van der Waals surface area (Å²) in [5.41, 5.74) is 8.30. The number of hydrogen-bond acceptors (Lipinski definition) is 4. The highest BCUT2D eigenvalue weighted by atomic mass is 15.2. The van der Waals surface area contributed by atoms with E-state index in [1.54, 1.807) is 0 Å². The monoisotopic (exact) mass is 256 g/mol. The Hall–Kier alpha value is -1.94. The lowest BCUT2D eigenvalue weighted by Gasteiger charge is -2.21. The van der Waals surface area contributed by atoms with E-state index in [9.17, 15) is 0 Å². The molecule has 1 unspecified atom stereocenters. The van der Waals surface area contributed by atoms with Crippen LogP contribution >= 0.6 is 0 Å². The number of pyridine rings is 2. The Balaban J connectivity index is 2.16. The van der Waals surface area contributed by atoms with Crippen LogP contribution in [0.1, 0.15) is 18.1 Å². The third-order valence-corrected chi connectivity index (χ3v) is 2.94. The molecule has 2 aromatic rings. The van der Waals surface area contributed by atoms with Crippen molar-refractivity contribution in [2.24, 2.45) is 5.73 Å². The summed E-state index contributed by atoms with van der Waals surface area (Å²) >= 11 is 0. The maximum Gasteiger partial charge on any atom is 0.131 e. The fourth-order valence-corrected chi connectivity index (χ4v) is 2.12. The van der Waals surface area contributed by atoms with Gasteiger partial charge in [0.2, 0.25) is 0 Å². The van der Waals surface area contributed by atoms with E-state index in [-0.39, 0.29) is 6.04 Å². The predicted octanol–water partition coefficient (Wildman–Crippen LogP) is 2.00. The average molecular weight is 256 g/mol. The van der Waals surface area contributed by atoms with Crippen LogP contribution in [0.2, 0.25) is 0 Å². The summed E-state index contributed by atoms with van der Waals surface area (Å²) in [5.74, 6) is 0.997. The molecule has 2 aromatic heterocycles. The SMILES string of the molecule is CC(N)Cc1cccnc1N(C)Cc1ccncc1. The molecule has 0 fully saturated rings. The molecule has 0 aliphatic heterocycles. The summed E-state index contributed by atoms with van der Waals surface area (Å²) in [7, 11) is 2.05. The minimum atomic E-state index is 0.136. The van der Waals surface area contributed by atoms with E-state index in [4.69, 9.17) is 5.73 Å². The fourth-order valence-electron chi connectivity index (χ4n) is 2.12. The standard InChI is InChI=1S/C15H20N4/c1-12(16)10-14-4-3-7-18-15(14)19(2)11-13-5-8-17-9-6-13/h3-9,12H,10-11,16H2,1-2H3. The van der Waals surface area contributed by atoms with Crippen molar-refractivity contribution in [3.8, 4) is 0 Å². The van der Waals surface area contributed by atoms with Crippen molar-refractivity contribution in [1.82, 2.24) is 9.97 Å². The normalized spacial score (nSPS) is 12.2. The van der Waals surface area contributed by atoms with Gasteiger partial charge >= 0.3 is 0 Å². The first-order chi connectivity index (χ1) is 9.16. The van der Waals surface area contributed by atoms with Crippen LogP contribution in [-0.2, 0) is 13.0 Å². The number of rotatable bonds is 5. The van der Waals surface area contributed by atoms with Crippen LogP contribution in [0, 0.1) is 0 Å². The van der Waals surface area contributed by atoms with Crippen molar-refractivity contribution >= 4 is 5.82 Å². The van der Waals surface area contributed by atoms with Gasteiger partial charge in [-0.25, -0.2) is 4.98 Å². The van der Waals surface area contributed by atoms with Crippen molar-refractivity contribution in [3.05, 3.63) is 54.0 Å². The first kappa shape index (κ1) is 13.5. The summed E-state index contributed by atoms with van der Waals surface area (Å²) in [6.07, 6.45) is 6.28. The molecule has 0 radical (unpaired) electrons. The second-order valence-electron chi connectivity index (χ2n) is 4.88. The fraction of sp³-hybridized carbons (Fsp3) is 0.333. The van der Waals surface area contributed by atoms with Gasteiger partial charge in [-0.05, 0) is 42.7 Å². The molecule has 0 aliphatic carbocycles. The van der Waals surface area contributed by atoms with E-state index in [1.807, 2.05) is 50.8 Å². The minimum absolute atomic E-state index is 0.136. The molecule has 2 N–H and O–H groups in total. The molecule has 0 amide bonds. The number of anilines is 1. The zero-order valence-electron chi connectivity index (χ0n) is 11.5. The van der Waals surface area contributed by atoms with E-state index < -0.39 is 0 Å². The Morgan fingerprint density at radius 3 is 2.63 bits per heavy atom. The van der Waals surface area contributed by atoms with E-state index in [2.05, 4.69) is 20.9 Å². The zero-order chi connectivity index (χ0) is 13.7. The van der Waals surface area contributed by atoms with Crippen LogP contribution in [0.4, 0.5) is 5.82 Å². The van der Waals surface area contributed by atoms with E-state index in [0.29, 0.717) is 0 Å². The van der Waals surface area contributed by atoms with E-state index >= 15 is 0 Å². The van der Waals surface area contributed by atoms with Crippen LogP contribution in [0.5, 0.6) is 0 Å². The van der Waals surface area contributed by atoms with Gasteiger partial charge in [0.1, 0.15) is 5.82 Å². The van der Waals surface area contributed by atoms with Gasteiger partial charge in [-0.15, -0.1) is 0 Å². The molecule has 0 bridgehead atoms. The van der Waals surface area contributed by atoms with Gasteiger partial charge in [-0.2, -0.15) is 0 Å². The second-order valence-corrected chi connectivity index (χ2v) is 4.88. The van der Waals surface area contributed by atoms with Gasteiger partial charge < -0.3 is 10.6 Å². The zero-order valence-corrected chi connectivity index (χ0v) is 11.5. The summed E-state index contributed by atoms with van der Waals surface area (Å²) in [4.78, 5) is 10.7. The summed E-state index contributed by atoms with van der Waals surface area (Å²) in [6.45, 7) is 2.82. The van der Waals surface area contributed by atoms with Crippen LogP contribution in [0.3, 0.4) is 0 Å². The summed E-state index contributed by atoms with van der Waals surface area (Å²) in [5, 5.41) is 0. The van der Waals surface area contributed by atoms with Gasteiger partial charge in [0.05, 0.1) is 0 Å². The lowest BCUT2D eigenvalue weighted by molar-refractivity contribution is 0.730. The molecule has 2 rings (SSSR count). The maximum absolute atomic E-state index is 5.89. The molecule has 4 nitrogen and oxygen atoms in total. The van der Waals surface area contributed by atoms with Gasteiger partial charge in [-0.3, -0.25) is 4.98 Å². The first-order valence-electron chi connectivity index (χ1n) is 6.46. The van der Waals surface area contributed by atoms with Gasteiger partial charge in [0.25, 0.3) is 0 Å². The molecule has 19 heavy (non-hydrogen) atoms. The summed E-state index contributed by atoms with van der Waals surface area (Å²) < 4.78 is 0. The Labute approximate surface area is 114 Å². The minimum Gasteiger partial charge on any atom is -0.355 e. The highest BCUT2D eigenvalue weighted by Crippen LogP contribution is 2.19. The van der Waals surface area contributed by atoms with Gasteiger partial charge in [-0.1, -0.05) is 6.07 Å². The molecule has 0 saturated carbocycles. The average Bonchev–Trinajstić information content (AvgIpc) is 2.39. The number of nitrogens with zero attached hydrogens (tertiary/aromatic N) is 3. The van der Waals surface area contributed by atoms with Crippen molar-refractivity contribution in [3.63, 3.8) is 0 Å². The van der Waals surface area contributed by atoms with Crippen LogP contribution < -0.4 is 10.6 Å². The molecule has 2 heterocycles. The molecule has 100 valence electrons. The third-order valence-electron chi connectivity index (χ3n) is 2.94. The van der Waals surface area contributed by atoms with Crippen LogP contribution in [0.15, 0.2) is 42.9 Å². The Kier molecular flexibility index (Phi) is 4.47. The van der Waals surface area contributed by atoms with Crippen molar-refractivity contribution in [1.29, 1.82) is 0 Å². The largest absolute Gasteiger partial charge is 0.355 e. The lowest BCUT2D eigenvalue weighted by atomic mass is 10.1. The Morgan fingerprint density at radius 1 is 1.21 bits per heavy atom. The first-order valence-corrected chi connectivity index (χ1v) is 6.46. The molecular formula is C15H20N4. The molecule has 4 heteroatoms. The molecule has 0 saturated heterocycles. The highest BCUT2D eigenvalue weighted by molar-refractivity contribution is 5.46. The third kappa shape index (κ3) is 3.76. The summed E-state index contributed by atoms with van der Waals surface area (Å²) in [6, 6.07) is 8.23. The predicted molar refractivity (Wildman–Crippen MR) is 77.9 cm³/mol. The molecule has 0 spiro atoms. The van der Waals surface area contributed by atoms with E-state index in [1.165, 1.54) is 11.1 Å². The molecule has 0 aliphatic rings. The second kappa shape index (κ2) is 6.29. The van der Waals surface area contributed by atoms with Crippen molar-refractivity contribution in [2.75, 3.05) is 11.9 Å².